The molecule has 18 heavy (non-hydrogen) atoms. The Kier molecular flexibility index (Phi) is 3.68. The summed E-state index contributed by atoms with van der Waals surface area (Å²) in [5.41, 5.74) is 5.88. The van der Waals surface area contributed by atoms with Crippen molar-refractivity contribution in [2.24, 2.45) is 5.73 Å². The van der Waals surface area contributed by atoms with E-state index in [1.165, 1.54) is 6.07 Å². The zero-order chi connectivity index (χ0) is 13.3. The maximum atomic E-state index is 13.3. The lowest BCUT2D eigenvalue weighted by molar-refractivity contribution is -0.384. The maximum absolute atomic E-state index is 13.3. The topological polar surface area (TPSA) is 72.4 Å². The summed E-state index contributed by atoms with van der Waals surface area (Å²) in [6.45, 7) is 1.23. The minimum absolute atomic E-state index is 0.106. The lowest BCUT2D eigenvalue weighted by Gasteiger charge is -2.31. The van der Waals surface area contributed by atoms with Gasteiger partial charge in [0.1, 0.15) is 11.5 Å². The molecular formula is C11H13ClFN3O2. The van der Waals surface area contributed by atoms with Crippen molar-refractivity contribution >= 4 is 23.0 Å². The summed E-state index contributed by atoms with van der Waals surface area (Å²) in [6.07, 6.45) is 1.51. The number of hydrogen-bond acceptors (Lipinski definition) is 4. The lowest BCUT2D eigenvalue weighted by Crippen LogP contribution is -2.39. The van der Waals surface area contributed by atoms with Crippen LogP contribution in [-0.2, 0) is 0 Å². The Morgan fingerprint density at radius 3 is 2.61 bits per heavy atom. The number of nitrogens with zero attached hydrogens (tertiary/aromatic N) is 2. The Morgan fingerprint density at radius 1 is 1.44 bits per heavy atom. The fourth-order valence-electron chi connectivity index (χ4n) is 2.07. The van der Waals surface area contributed by atoms with Crippen LogP contribution >= 0.6 is 11.6 Å². The summed E-state index contributed by atoms with van der Waals surface area (Å²) in [4.78, 5) is 12.2. The molecule has 1 aliphatic rings. The molecular weight excluding hydrogens is 261 g/mol. The quantitative estimate of drug-likeness (QED) is 0.663. The van der Waals surface area contributed by atoms with E-state index < -0.39 is 10.7 Å². The van der Waals surface area contributed by atoms with Gasteiger partial charge >= 0.3 is 0 Å². The van der Waals surface area contributed by atoms with Gasteiger partial charge in [-0.15, -0.1) is 0 Å². The fraction of sp³-hybridized carbons (Fsp3) is 0.455. The molecule has 2 rings (SSSR count). The van der Waals surface area contributed by atoms with Gasteiger partial charge in [-0.3, -0.25) is 10.1 Å². The van der Waals surface area contributed by atoms with Crippen LogP contribution in [0.5, 0.6) is 0 Å². The van der Waals surface area contributed by atoms with Gasteiger partial charge in [0, 0.05) is 19.1 Å². The summed E-state index contributed by atoms with van der Waals surface area (Å²) in [7, 11) is 0. The van der Waals surface area contributed by atoms with Crippen LogP contribution in [0.25, 0.3) is 0 Å². The van der Waals surface area contributed by atoms with Crippen LogP contribution < -0.4 is 10.6 Å². The molecule has 0 spiro atoms. The molecule has 1 aromatic carbocycles. The molecule has 0 radical (unpaired) electrons. The van der Waals surface area contributed by atoms with Crippen molar-refractivity contribution < 1.29 is 9.31 Å². The van der Waals surface area contributed by atoms with Gasteiger partial charge in [-0.25, -0.2) is 4.39 Å². The first kappa shape index (κ1) is 13.0. The Morgan fingerprint density at radius 2 is 2.06 bits per heavy atom. The summed E-state index contributed by atoms with van der Waals surface area (Å²) in [5.74, 6) is -0.777. The van der Waals surface area contributed by atoms with Gasteiger partial charge in [0.2, 0.25) is 0 Å². The highest BCUT2D eigenvalue weighted by Gasteiger charge is 2.25. The first-order valence-corrected chi connectivity index (χ1v) is 6.01. The van der Waals surface area contributed by atoms with E-state index in [4.69, 9.17) is 17.3 Å². The molecule has 1 aromatic rings. The van der Waals surface area contributed by atoms with Crippen molar-refractivity contribution in [3.8, 4) is 0 Å². The van der Waals surface area contributed by atoms with Crippen molar-refractivity contribution in [1.29, 1.82) is 0 Å². The van der Waals surface area contributed by atoms with Crippen LogP contribution in [0.1, 0.15) is 12.8 Å². The molecule has 7 heteroatoms. The average Bonchev–Trinajstić information content (AvgIpc) is 2.33. The highest BCUT2D eigenvalue weighted by molar-refractivity contribution is 6.31. The number of hydrogen-bond donors (Lipinski definition) is 1. The van der Waals surface area contributed by atoms with Gasteiger partial charge in [-0.1, -0.05) is 11.6 Å². The van der Waals surface area contributed by atoms with Crippen molar-refractivity contribution in [3.63, 3.8) is 0 Å². The van der Waals surface area contributed by atoms with Crippen LogP contribution in [0.2, 0.25) is 5.02 Å². The third-order valence-electron chi connectivity index (χ3n) is 3.09. The molecule has 1 heterocycles. The molecule has 0 aliphatic carbocycles. The van der Waals surface area contributed by atoms with E-state index in [1.54, 1.807) is 0 Å². The SMILES string of the molecule is NC1CCN(c2cc(Cl)c(F)cc2[N+](=O)[O-])CC1. The summed E-state index contributed by atoms with van der Waals surface area (Å²) >= 11 is 5.69. The lowest BCUT2D eigenvalue weighted by atomic mass is 10.1. The van der Waals surface area contributed by atoms with Crippen LogP contribution in [0.4, 0.5) is 15.8 Å². The van der Waals surface area contributed by atoms with E-state index in [1.807, 2.05) is 4.90 Å². The third-order valence-corrected chi connectivity index (χ3v) is 3.38. The number of piperidine rings is 1. The van der Waals surface area contributed by atoms with Crippen molar-refractivity contribution in [2.45, 2.75) is 18.9 Å². The molecule has 0 bridgehead atoms. The van der Waals surface area contributed by atoms with Crippen molar-refractivity contribution in [2.75, 3.05) is 18.0 Å². The highest BCUT2D eigenvalue weighted by atomic mass is 35.5. The first-order valence-electron chi connectivity index (χ1n) is 5.63. The molecule has 0 saturated carbocycles. The summed E-state index contributed by atoms with van der Waals surface area (Å²) in [5, 5.41) is 10.8. The minimum Gasteiger partial charge on any atom is -0.366 e. The number of anilines is 1. The molecule has 1 aliphatic heterocycles. The first-order chi connectivity index (χ1) is 8.49. The number of nitro benzene ring substituents is 1. The Labute approximate surface area is 108 Å². The fourth-order valence-corrected chi connectivity index (χ4v) is 2.22. The third kappa shape index (κ3) is 2.54. The standard InChI is InChI=1S/C11H13ClFN3O2/c12-8-5-10(11(16(17)18)6-9(8)13)15-3-1-7(14)2-4-15/h5-7H,1-4,14H2. The van der Waals surface area contributed by atoms with E-state index in [9.17, 15) is 14.5 Å². The second kappa shape index (κ2) is 5.07. The summed E-state index contributed by atoms with van der Waals surface area (Å²) in [6, 6.07) is 2.30. The van der Waals surface area contributed by atoms with Crippen molar-refractivity contribution in [1.82, 2.24) is 0 Å². The van der Waals surface area contributed by atoms with Crippen LogP contribution in [0, 0.1) is 15.9 Å². The predicted molar refractivity (Wildman–Crippen MR) is 67.5 cm³/mol. The number of nitro groups is 1. The van der Waals surface area contributed by atoms with Gasteiger partial charge in [0.05, 0.1) is 16.0 Å². The number of benzene rings is 1. The van der Waals surface area contributed by atoms with Gasteiger partial charge in [-0.05, 0) is 18.9 Å². The average molecular weight is 274 g/mol. The Bertz CT molecular complexity index is 476. The molecule has 0 atom stereocenters. The molecule has 1 saturated heterocycles. The molecule has 0 aromatic heterocycles. The van der Waals surface area contributed by atoms with Crippen LogP contribution in [-0.4, -0.2) is 24.1 Å². The molecule has 98 valence electrons. The second-order valence-corrected chi connectivity index (χ2v) is 4.74. The van der Waals surface area contributed by atoms with Gasteiger partial charge in [0.15, 0.2) is 0 Å². The minimum atomic E-state index is -0.777. The van der Waals surface area contributed by atoms with E-state index in [-0.39, 0.29) is 16.8 Å². The molecule has 2 N–H and O–H groups in total. The number of nitrogens with two attached hydrogens (primary N) is 1. The zero-order valence-corrected chi connectivity index (χ0v) is 10.4. The predicted octanol–water partition coefficient (Wildman–Crippen LogP) is 2.31. The normalized spacial score (nSPS) is 16.9. The van der Waals surface area contributed by atoms with E-state index >= 15 is 0 Å². The van der Waals surface area contributed by atoms with Gasteiger partial charge in [0.25, 0.3) is 5.69 Å². The maximum Gasteiger partial charge on any atom is 0.295 e. The van der Waals surface area contributed by atoms with Crippen LogP contribution in [0.15, 0.2) is 12.1 Å². The molecule has 0 unspecified atom stereocenters. The van der Waals surface area contributed by atoms with E-state index in [0.29, 0.717) is 18.8 Å². The molecule has 5 nitrogen and oxygen atoms in total. The Balaban J connectivity index is 2.36. The molecule has 0 amide bonds. The van der Waals surface area contributed by atoms with E-state index in [0.717, 1.165) is 18.9 Å². The highest BCUT2D eigenvalue weighted by Crippen LogP contribution is 2.34. The van der Waals surface area contributed by atoms with Crippen molar-refractivity contribution in [3.05, 3.63) is 33.1 Å². The van der Waals surface area contributed by atoms with Gasteiger partial charge < -0.3 is 10.6 Å². The summed E-state index contributed by atoms with van der Waals surface area (Å²) < 4.78 is 13.3. The number of halogens is 2. The second-order valence-electron chi connectivity index (χ2n) is 4.34. The number of rotatable bonds is 2. The largest absolute Gasteiger partial charge is 0.366 e. The van der Waals surface area contributed by atoms with Crippen LogP contribution in [0.3, 0.4) is 0 Å². The van der Waals surface area contributed by atoms with Gasteiger partial charge in [-0.2, -0.15) is 0 Å². The zero-order valence-electron chi connectivity index (χ0n) is 9.60. The monoisotopic (exact) mass is 273 g/mol. The van der Waals surface area contributed by atoms with E-state index in [2.05, 4.69) is 0 Å². The molecule has 1 fully saturated rings. The smallest absolute Gasteiger partial charge is 0.295 e. The Hall–Kier alpha value is -1.40.